The van der Waals surface area contributed by atoms with E-state index in [1.807, 2.05) is 11.3 Å². The molecule has 2 heterocycles. The summed E-state index contributed by atoms with van der Waals surface area (Å²) >= 11 is 1.89. The number of hydrogen-bond acceptors (Lipinski definition) is 4. The predicted molar refractivity (Wildman–Crippen MR) is 121 cm³/mol. The van der Waals surface area contributed by atoms with Crippen LogP contribution < -0.4 is 0 Å². The number of nitrogens with zero attached hydrogens (tertiary/aromatic N) is 1. The minimum atomic E-state index is -0.124. The zero-order chi connectivity index (χ0) is 20.4. The van der Waals surface area contributed by atoms with Gasteiger partial charge in [-0.3, -0.25) is 4.79 Å². The Bertz CT molecular complexity index is 1030. The van der Waals surface area contributed by atoms with Crippen molar-refractivity contribution >= 4 is 27.5 Å². The maximum absolute atomic E-state index is 11.5. The first-order valence-corrected chi connectivity index (χ1v) is 11.5. The summed E-state index contributed by atoms with van der Waals surface area (Å²) < 4.78 is 4.79. The fourth-order valence-corrected chi connectivity index (χ4v) is 5.80. The minimum Gasteiger partial charge on any atom is -0.469 e. The number of benzene rings is 1. The number of aryl methyl sites for hydroxylation is 4. The Morgan fingerprint density at radius 3 is 2.69 bits per heavy atom. The van der Waals surface area contributed by atoms with Gasteiger partial charge in [0.2, 0.25) is 0 Å². The zero-order valence-electron chi connectivity index (χ0n) is 17.6. The summed E-state index contributed by atoms with van der Waals surface area (Å²) in [4.78, 5) is 19.2. The van der Waals surface area contributed by atoms with Gasteiger partial charge in [-0.1, -0.05) is 31.2 Å². The van der Waals surface area contributed by atoms with Crippen LogP contribution >= 0.6 is 11.3 Å². The molecule has 0 N–H and O–H groups in total. The highest BCUT2D eigenvalue weighted by Crippen LogP contribution is 2.44. The molecule has 0 fully saturated rings. The minimum absolute atomic E-state index is 0.124. The van der Waals surface area contributed by atoms with Gasteiger partial charge in [-0.2, -0.15) is 0 Å². The summed E-state index contributed by atoms with van der Waals surface area (Å²) in [5.74, 6) is -0.124. The first kappa shape index (κ1) is 20.1. The molecule has 0 radical (unpaired) electrons. The summed E-state index contributed by atoms with van der Waals surface area (Å²) in [5, 5.41) is 1.39. The number of fused-ring (bicyclic) bond motifs is 3. The topological polar surface area (TPSA) is 39.2 Å². The van der Waals surface area contributed by atoms with E-state index in [1.54, 1.807) is 0 Å². The maximum Gasteiger partial charge on any atom is 0.305 e. The first-order valence-electron chi connectivity index (χ1n) is 10.7. The molecule has 152 valence electrons. The van der Waals surface area contributed by atoms with E-state index in [9.17, 15) is 4.79 Å². The van der Waals surface area contributed by atoms with Gasteiger partial charge in [0.25, 0.3) is 0 Å². The number of aromatic nitrogens is 1. The first-order chi connectivity index (χ1) is 14.1. The van der Waals surface area contributed by atoms with Crippen LogP contribution in [0.5, 0.6) is 0 Å². The molecule has 1 aromatic carbocycles. The number of thiophene rings is 1. The molecule has 0 unspecified atom stereocenters. The molecular weight excluding hydrogens is 378 g/mol. The number of esters is 1. The van der Waals surface area contributed by atoms with E-state index in [1.165, 1.54) is 69.3 Å². The molecule has 3 aromatic rings. The number of unbranched alkanes of at least 4 members (excludes halogenated alkanes) is 1. The molecule has 1 aliphatic rings. The lowest BCUT2D eigenvalue weighted by molar-refractivity contribution is -0.140. The molecule has 1 aliphatic carbocycles. The van der Waals surface area contributed by atoms with Gasteiger partial charge in [-0.05, 0) is 79.7 Å². The van der Waals surface area contributed by atoms with E-state index in [0.717, 1.165) is 31.4 Å². The van der Waals surface area contributed by atoms with Crippen LogP contribution in [0.15, 0.2) is 24.3 Å². The van der Waals surface area contributed by atoms with Gasteiger partial charge in [0.15, 0.2) is 0 Å². The second-order valence-corrected chi connectivity index (χ2v) is 9.01. The van der Waals surface area contributed by atoms with Gasteiger partial charge in [0.1, 0.15) is 4.83 Å². The molecule has 2 aromatic heterocycles. The van der Waals surface area contributed by atoms with Crippen molar-refractivity contribution in [3.8, 4) is 11.1 Å². The number of hydrogen-bond donors (Lipinski definition) is 0. The zero-order valence-corrected chi connectivity index (χ0v) is 18.5. The van der Waals surface area contributed by atoms with Gasteiger partial charge in [-0.15, -0.1) is 11.3 Å². The van der Waals surface area contributed by atoms with Crippen molar-refractivity contribution in [2.75, 3.05) is 7.11 Å². The standard InChI is InChI=1S/C25H29NO2S/c1-4-17-12-14-18(15-13-17)23-19(8-5-6-11-22(27)28-3)16(2)26-25-24(23)20-9-7-10-21(20)29-25/h12-15H,4-11H2,1-3H3. The van der Waals surface area contributed by atoms with Gasteiger partial charge >= 0.3 is 5.97 Å². The van der Waals surface area contributed by atoms with Crippen LogP contribution in [0.4, 0.5) is 0 Å². The Hall–Kier alpha value is -2.20. The third-order valence-corrected chi connectivity index (χ3v) is 7.28. The van der Waals surface area contributed by atoms with Crippen LogP contribution in [0.25, 0.3) is 21.3 Å². The maximum atomic E-state index is 11.5. The average molecular weight is 408 g/mol. The van der Waals surface area contributed by atoms with Crippen molar-refractivity contribution in [1.29, 1.82) is 0 Å². The van der Waals surface area contributed by atoms with Crippen molar-refractivity contribution in [2.24, 2.45) is 0 Å². The number of carbonyl (C=O) groups excluding carboxylic acids is 1. The van der Waals surface area contributed by atoms with Crippen molar-refractivity contribution in [2.45, 2.75) is 65.2 Å². The van der Waals surface area contributed by atoms with Crippen LogP contribution in [-0.2, 0) is 35.2 Å². The van der Waals surface area contributed by atoms with E-state index < -0.39 is 0 Å². The summed E-state index contributed by atoms with van der Waals surface area (Å²) in [7, 11) is 1.46. The Morgan fingerprint density at radius 2 is 1.97 bits per heavy atom. The molecule has 0 saturated heterocycles. The number of methoxy groups -OCH3 is 1. The average Bonchev–Trinajstić information content (AvgIpc) is 3.32. The Morgan fingerprint density at radius 1 is 1.17 bits per heavy atom. The normalized spacial score (nSPS) is 13.1. The molecule has 0 saturated carbocycles. The molecule has 0 atom stereocenters. The molecule has 3 nitrogen and oxygen atoms in total. The predicted octanol–water partition coefficient (Wildman–Crippen LogP) is 6.21. The van der Waals surface area contributed by atoms with Crippen molar-refractivity contribution < 1.29 is 9.53 Å². The highest BCUT2D eigenvalue weighted by Gasteiger charge is 2.24. The summed E-state index contributed by atoms with van der Waals surface area (Å²) in [5.41, 5.74) is 8.05. The molecule has 4 heteroatoms. The Balaban J connectivity index is 1.78. The van der Waals surface area contributed by atoms with Crippen molar-refractivity contribution in [3.05, 3.63) is 51.5 Å². The van der Waals surface area contributed by atoms with E-state index in [4.69, 9.17) is 9.72 Å². The molecule has 4 rings (SSSR count). The van der Waals surface area contributed by atoms with Gasteiger partial charge < -0.3 is 4.74 Å². The molecular formula is C25H29NO2S. The number of ether oxygens (including phenoxy) is 1. The van der Waals surface area contributed by atoms with E-state index in [-0.39, 0.29) is 5.97 Å². The lowest BCUT2D eigenvalue weighted by atomic mass is 9.90. The van der Waals surface area contributed by atoms with Gasteiger partial charge in [0, 0.05) is 22.4 Å². The lowest BCUT2D eigenvalue weighted by Gasteiger charge is -2.16. The molecule has 0 amide bonds. The van der Waals surface area contributed by atoms with Crippen molar-refractivity contribution in [1.82, 2.24) is 4.98 Å². The highest BCUT2D eigenvalue weighted by atomic mass is 32.1. The second kappa shape index (κ2) is 8.66. The molecule has 29 heavy (non-hydrogen) atoms. The SMILES string of the molecule is CCc1ccc(-c2c(CCCCC(=O)OC)c(C)nc3sc4c(c23)CCC4)cc1. The fourth-order valence-electron chi connectivity index (χ4n) is 4.48. The fraction of sp³-hybridized carbons (Fsp3) is 0.440. The van der Waals surface area contributed by atoms with Crippen molar-refractivity contribution in [3.63, 3.8) is 0 Å². The third kappa shape index (κ3) is 3.95. The molecule has 0 aliphatic heterocycles. The smallest absolute Gasteiger partial charge is 0.305 e. The number of carbonyl (C=O) groups is 1. The quantitative estimate of drug-likeness (QED) is 0.345. The van der Waals surface area contributed by atoms with Gasteiger partial charge in [-0.25, -0.2) is 4.98 Å². The van der Waals surface area contributed by atoms with Crippen LogP contribution in [0.2, 0.25) is 0 Å². The number of rotatable bonds is 7. The van der Waals surface area contributed by atoms with Gasteiger partial charge in [0.05, 0.1) is 7.11 Å². The monoisotopic (exact) mass is 407 g/mol. The summed E-state index contributed by atoms with van der Waals surface area (Å²) in [6, 6.07) is 9.07. The van der Waals surface area contributed by atoms with E-state index in [0.29, 0.717) is 6.42 Å². The third-order valence-electron chi connectivity index (χ3n) is 6.10. The lowest BCUT2D eigenvalue weighted by Crippen LogP contribution is -2.02. The number of pyridine rings is 1. The Labute approximate surface area is 177 Å². The van der Waals surface area contributed by atoms with Crippen LogP contribution in [-0.4, -0.2) is 18.1 Å². The van der Waals surface area contributed by atoms with Crippen LogP contribution in [0, 0.1) is 6.92 Å². The summed E-state index contributed by atoms with van der Waals surface area (Å²) in [6.45, 7) is 4.34. The van der Waals surface area contributed by atoms with E-state index >= 15 is 0 Å². The van der Waals surface area contributed by atoms with E-state index in [2.05, 4.69) is 38.1 Å². The van der Waals surface area contributed by atoms with Crippen LogP contribution in [0.1, 0.15) is 59.9 Å². The Kier molecular flexibility index (Phi) is 6.00. The van der Waals surface area contributed by atoms with Crippen LogP contribution in [0.3, 0.4) is 0 Å². The molecule has 0 spiro atoms. The largest absolute Gasteiger partial charge is 0.469 e. The second-order valence-electron chi connectivity index (χ2n) is 7.92. The highest BCUT2D eigenvalue weighted by molar-refractivity contribution is 7.19. The summed E-state index contributed by atoms with van der Waals surface area (Å²) in [6.07, 6.45) is 7.92. The molecule has 0 bridgehead atoms.